The van der Waals surface area contributed by atoms with E-state index >= 15 is 0 Å². The fourth-order valence-corrected chi connectivity index (χ4v) is 2.76. The summed E-state index contributed by atoms with van der Waals surface area (Å²) < 4.78 is 6.06. The molecule has 2 heterocycles. The minimum atomic E-state index is 0.560. The first-order chi connectivity index (χ1) is 10.7. The Balaban J connectivity index is 2.01. The average molecular weight is 290 g/mol. The van der Waals surface area contributed by atoms with Gasteiger partial charge in [0, 0.05) is 21.9 Å². The Kier molecular flexibility index (Phi) is 2.79. The van der Waals surface area contributed by atoms with E-state index in [4.69, 9.17) is 4.42 Å². The van der Waals surface area contributed by atoms with E-state index in [-0.39, 0.29) is 0 Å². The monoisotopic (exact) mass is 290 g/mol. The van der Waals surface area contributed by atoms with Crippen molar-refractivity contribution >= 4 is 10.8 Å². The Morgan fingerprint density at radius 2 is 1.77 bits per heavy atom. The van der Waals surface area contributed by atoms with Crippen molar-refractivity contribution in [3.63, 3.8) is 0 Å². The SMILES string of the molecule is Cc1ccc2c(-c3ccccc3-c3nn[nH]n3)oc(C)c2c1. The zero-order chi connectivity index (χ0) is 15.1. The van der Waals surface area contributed by atoms with Gasteiger partial charge in [0.25, 0.3) is 0 Å². The van der Waals surface area contributed by atoms with Gasteiger partial charge in [-0.05, 0) is 25.1 Å². The maximum Gasteiger partial charge on any atom is 0.205 e. The number of hydrogen-bond acceptors (Lipinski definition) is 4. The fourth-order valence-electron chi connectivity index (χ4n) is 2.76. The quantitative estimate of drug-likeness (QED) is 0.608. The molecule has 2 aromatic heterocycles. The van der Waals surface area contributed by atoms with Crippen molar-refractivity contribution in [3.05, 3.63) is 53.8 Å². The lowest BCUT2D eigenvalue weighted by atomic mass is 10.0. The smallest absolute Gasteiger partial charge is 0.205 e. The lowest BCUT2D eigenvalue weighted by Crippen LogP contribution is -1.86. The van der Waals surface area contributed by atoms with Crippen LogP contribution in [0.15, 0.2) is 46.9 Å². The van der Waals surface area contributed by atoms with Crippen molar-refractivity contribution in [1.29, 1.82) is 0 Å². The molecule has 1 N–H and O–H groups in total. The van der Waals surface area contributed by atoms with Crippen LogP contribution in [-0.2, 0) is 0 Å². The molecule has 22 heavy (non-hydrogen) atoms. The largest absolute Gasteiger partial charge is 0.460 e. The Labute approximate surface area is 127 Å². The highest BCUT2D eigenvalue weighted by Crippen LogP contribution is 2.38. The maximum atomic E-state index is 6.06. The van der Waals surface area contributed by atoms with E-state index in [2.05, 4.69) is 45.7 Å². The second-order valence-corrected chi connectivity index (χ2v) is 5.32. The van der Waals surface area contributed by atoms with E-state index in [9.17, 15) is 0 Å². The fraction of sp³-hybridized carbons (Fsp3) is 0.118. The molecule has 5 heteroatoms. The van der Waals surface area contributed by atoms with E-state index in [1.807, 2.05) is 31.2 Å². The number of aromatic nitrogens is 4. The molecule has 0 unspecified atom stereocenters. The molecule has 0 saturated heterocycles. The summed E-state index contributed by atoms with van der Waals surface area (Å²) >= 11 is 0. The van der Waals surface area contributed by atoms with Crippen LogP contribution in [0.25, 0.3) is 33.5 Å². The van der Waals surface area contributed by atoms with Crippen LogP contribution in [0.3, 0.4) is 0 Å². The molecule has 0 fully saturated rings. The van der Waals surface area contributed by atoms with Gasteiger partial charge in [-0.25, -0.2) is 0 Å². The van der Waals surface area contributed by atoms with Gasteiger partial charge in [-0.1, -0.05) is 42.0 Å². The summed E-state index contributed by atoms with van der Waals surface area (Å²) in [5.74, 6) is 2.31. The van der Waals surface area contributed by atoms with Crippen molar-refractivity contribution in [2.24, 2.45) is 0 Å². The average Bonchev–Trinajstić information content (AvgIpc) is 3.16. The van der Waals surface area contributed by atoms with Crippen LogP contribution < -0.4 is 0 Å². The van der Waals surface area contributed by atoms with Gasteiger partial charge in [0.15, 0.2) is 0 Å². The van der Waals surface area contributed by atoms with E-state index in [1.165, 1.54) is 5.56 Å². The van der Waals surface area contributed by atoms with Crippen LogP contribution in [0.2, 0.25) is 0 Å². The highest BCUT2D eigenvalue weighted by molar-refractivity contribution is 5.99. The molecule has 5 nitrogen and oxygen atoms in total. The number of rotatable bonds is 2. The Bertz CT molecular complexity index is 954. The number of aromatic amines is 1. The number of fused-ring (bicyclic) bond motifs is 1. The number of benzene rings is 2. The Morgan fingerprint density at radius 1 is 0.955 bits per heavy atom. The molecule has 4 aromatic rings. The molecule has 0 aliphatic rings. The molecule has 0 aliphatic heterocycles. The topological polar surface area (TPSA) is 67.6 Å². The van der Waals surface area contributed by atoms with Gasteiger partial charge in [-0.2, -0.15) is 5.21 Å². The molecule has 0 radical (unpaired) electrons. The standard InChI is InChI=1S/C17H14N4O/c1-10-7-8-13-15(9-10)11(2)22-16(13)12-5-3-4-6-14(12)17-18-20-21-19-17/h3-9H,1-2H3,(H,18,19,20,21). The maximum absolute atomic E-state index is 6.06. The van der Waals surface area contributed by atoms with Gasteiger partial charge in [-0.15, -0.1) is 10.2 Å². The molecule has 0 aliphatic carbocycles. The number of nitrogens with zero attached hydrogens (tertiary/aromatic N) is 3. The van der Waals surface area contributed by atoms with E-state index in [0.717, 1.165) is 33.4 Å². The second kappa shape index (κ2) is 4.80. The lowest BCUT2D eigenvalue weighted by molar-refractivity contribution is 0.554. The summed E-state index contributed by atoms with van der Waals surface area (Å²) in [4.78, 5) is 0. The lowest BCUT2D eigenvalue weighted by Gasteiger charge is -2.04. The first-order valence-corrected chi connectivity index (χ1v) is 7.07. The van der Waals surface area contributed by atoms with Crippen molar-refractivity contribution in [1.82, 2.24) is 20.6 Å². The van der Waals surface area contributed by atoms with E-state index < -0.39 is 0 Å². The molecule has 0 atom stereocenters. The normalized spacial score (nSPS) is 11.2. The molecule has 4 rings (SSSR count). The predicted molar refractivity (Wildman–Crippen MR) is 84.3 cm³/mol. The van der Waals surface area contributed by atoms with Crippen LogP contribution in [0, 0.1) is 13.8 Å². The summed E-state index contributed by atoms with van der Waals surface area (Å²) in [7, 11) is 0. The molecular formula is C17H14N4O. The van der Waals surface area contributed by atoms with Crippen molar-refractivity contribution in [2.75, 3.05) is 0 Å². The van der Waals surface area contributed by atoms with Gasteiger partial charge < -0.3 is 4.42 Å². The summed E-state index contributed by atoms with van der Waals surface area (Å²) in [6, 6.07) is 14.3. The van der Waals surface area contributed by atoms with Crippen LogP contribution >= 0.6 is 0 Å². The summed E-state index contributed by atoms with van der Waals surface area (Å²) in [5.41, 5.74) is 3.08. The second-order valence-electron chi connectivity index (χ2n) is 5.32. The van der Waals surface area contributed by atoms with Crippen LogP contribution in [0.5, 0.6) is 0 Å². The minimum absolute atomic E-state index is 0.560. The number of hydrogen-bond donors (Lipinski definition) is 1. The molecule has 0 bridgehead atoms. The molecule has 2 aromatic carbocycles. The zero-order valence-electron chi connectivity index (χ0n) is 12.3. The van der Waals surface area contributed by atoms with Crippen molar-refractivity contribution < 1.29 is 4.42 Å². The molecule has 0 amide bonds. The predicted octanol–water partition coefficient (Wildman–Crippen LogP) is 3.90. The van der Waals surface area contributed by atoms with Gasteiger partial charge in [0.2, 0.25) is 5.82 Å². The number of H-pyrrole nitrogens is 1. The number of tetrazole rings is 1. The van der Waals surface area contributed by atoms with Gasteiger partial charge >= 0.3 is 0 Å². The van der Waals surface area contributed by atoms with E-state index in [0.29, 0.717) is 5.82 Å². The summed E-state index contributed by atoms with van der Waals surface area (Å²) in [6.07, 6.45) is 0. The van der Waals surface area contributed by atoms with Crippen LogP contribution in [0.1, 0.15) is 11.3 Å². The van der Waals surface area contributed by atoms with Crippen molar-refractivity contribution in [3.8, 4) is 22.7 Å². The molecule has 0 saturated carbocycles. The van der Waals surface area contributed by atoms with Crippen LogP contribution in [0.4, 0.5) is 0 Å². The Morgan fingerprint density at radius 3 is 2.55 bits per heavy atom. The zero-order valence-corrected chi connectivity index (χ0v) is 12.3. The number of aryl methyl sites for hydroxylation is 2. The Hall–Kier alpha value is -2.95. The third-order valence-corrected chi connectivity index (χ3v) is 3.81. The third kappa shape index (κ3) is 1.90. The highest BCUT2D eigenvalue weighted by Gasteiger charge is 2.17. The first kappa shape index (κ1) is 12.8. The van der Waals surface area contributed by atoms with E-state index in [1.54, 1.807) is 0 Å². The van der Waals surface area contributed by atoms with Gasteiger partial charge in [-0.3, -0.25) is 0 Å². The summed E-state index contributed by atoms with van der Waals surface area (Å²) in [5, 5.41) is 16.5. The van der Waals surface area contributed by atoms with Gasteiger partial charge in [0.05, 0.1) is 0 Å². The number of nitrogens with one attached hydrogen (secondary N) is 1. The van der Waals surface area contributed by atoms with Crippen molar-refractivity contribution in [2.45, 2.75) is 13.8 Å². The number of furan rings is 1. The molecule has 0 spiro atoms. The molecule has 108 valence electrons. The molecular weight excluding hydrogens is 276 g/mol. The third-order valence-electron chi connectivity index (χ3n) is 3.81. The summed E-state index contributed by atoms with van der Waals surface area (Å²) in [6.45, 7) is 4.07. The highest BCUT2D eigenvalue weighted by atomic mass is 16.3. The first-order valence-electron chi connectivity index (χ1n) is 7.07. The van der Waals surface area contributed by atoms with Crippen LogP contribution in [-0.4, -0.2) is 20.6 Å². The van der Waals surface area contributed by atoms with Gasteiger partial charge in [0.1, 0.15) is 11.5 Å². The minimum Gasteiger partial charge on any atom is -0.460 e.